The molecule has 0 fully saturated rings. The smallest absolute Gasteiger partial charge is 0.341 e. The topological polar surface area (TPSA) is 82.2 Å². The zero-order chi connectivity index (χ0) is 13.9. The normalized spacial score (nSPS) is 10.4. The SMILES string of the molecule is Cc1nn(C)c(N(CCC#N)C(C)C)c1C(=O)O. The molecule has 6 heteroatoms. The quantitative estimate of drug-likeness (QED) is 0.857. The van der Waals surface area contributed by atoms with Gasteiger partial charge >= 0.3 is 5.97 Å². The summed E-state index contributed by atoms with van der Waals surface area (Å²) in [5.41, 5.74) is 0.701. The van der Waals surface area contributed by atoms with Crippen molar-refractivity contribution in [3.05, 3.63) is 11.3 Å². The molecule has 0 unspecified atom stereocenters. The summed E-state index contributed by atoms with van der Waals surface area (Å²) in [5, 5.41) is 22.1. The summed E-state index contributed by atoms with van der Waals surface area (Å²) in [6.07, 6.45) is 0.349. The molecule has 0 saturated carbocycles. The Morgan fingerprint density at radius 2 is 2.22 bits per heavy atom. The Balaban J connectivity index is 3.27. The molecule has 18 heavy (non-hydrogen) atoms. The molecular weight excluding hydrogens is 232 g/mol. The van der Waals surface area contributed by atoms with Crippen molar-refractivity contribution >= 4 is 11.8 Å². The predicted octanol–water partition coefficient (Wildman–Crippen LogP) is 1.56. The molecule has 0 aromatic carbocycles. The molecule has 0 saturated heterocycles. The first-order valence-electron chi connectivity index (χ1n) is 5.80. The molecule has 0 radical (unpaired) electrons. The Bertz CT molecular complexity index is 485. The third kappa shape index (κ3) is 2.62. The average molecular weight is 250 g/mol. The molecule has 1 aromatic heterocycles. The van der Waals surface area contributed by atoms with Gasteiger partial charge in [0.2, 0.25) is 0 Å². The number of carboxylic acids is 1. The Morgan fingerprint density at radius 3 is 2.67 bits per heavy atom. The molecule has 0 aliphatic carbocycles. The largest absolute Gasteiger partial charge is 0.477 e. The molecule has 1 rings (SSSR count). The number of aromatic carboxylic acids is 1. The van der Waals surface area contributed by atoms with Crippen molar-refractivity contribution in [1.29, 1.82) is 5.26 Å². The van der Waals surface area contributed by atoms with Crippen molar-refractivity contribution in [1.82, 2.24) is 9.78 Å². The lowest BCUT2D eigenvalue weighted by atomic mass is 10.2. The third-order valence-electron chi connectivity index (χ3n) is 2.77. The van der Waals surface area contributed by atoms with Gasteiger partial charge in [-0.3, -0.25) is 4.68 Å². The van der Waals surface area contributed by atoms with Crippen LogP contribution in [0.1, 0.15) is 36.3 Å². The summed E-state index contributed by atoms with van der Waals surface area (Å²) < 4.78 is 1.57. The lowest BCUT2D eigenvalue weighted by Gasteiger charge is -2.28. The molecule has 1 heterocycles. The standard InChI is InChI=1S/C12H18N4O2/c1-8(2)16(7-5-6-13)11-10(12(17)18)9(3)14-15(11)4/h8H,5,7H2,1-4H3,(H,17,18). The summed E-state index contributed by atoms with van der Waals surface area (Å²) >= 11 is 0. The molecule has 0 bridgehead atoms. The van der Waals surface area contributed by atoms with Crippen molar-refractivity contribution < 1.29 is 9.90 Å². The number of nitriles is 1. The highest BCUT2D eigenvalue weighted by atomic mass is 16.4. The Morgan fingerprint density at radius 1 is 1.61 bits per heavy atom. The number of aryl methyl sites for hydroxylation is 2. The van der Waals surface area contributed by atoms with Gasteiger partial charge in [0.05, 0.1) is 18.2 Å². The number of anilines is 1. The first-order chi connectivity index (χ1) is 8.40. The van der Waals surface area contributed by atoms with E-state index in [0.29, 0.717) is 24.5 Å². The van der Waals surface area contributed by atoms with Gasteiger partial charge in [-0.2, -0.15) is 10.4 Å². The maximum Gasteiger partial charge on any atom is 0.341 e. The van der Waals surface area contributed by atoms with Crippen LogP contribution in [0.2, 0.25) is 0 Å². The Labute approximate surface area is 106 Å². The summed E-state index contributed by atoms with van der Waals surface area (Å²) in [7, 11) is 1.72. The Hall–Kier alpha value is -2.03. The van der Waals surface area contributed by atoms with Crippen LogP contribution in [0.4, 0.5) is 5.82 Å². The zero-order valence-electron chi connectivity index (χ0n) is 11.1. The monoisotopic (exact) mass is 250 g/mol. The molecule has 1 N–H and O–H groups in total. The number of rotatable bonds is 5. The van der Waals surface area contributed by atoms with E-state index in [1.807, 2.05) is 18.7 Å². The van der Waals surface area contributed by atoms with Gasteiger partial charge in [-0.25, -0.2) is 4.79 Å². The second kappa shape index (κ2) is 5.54. The average Bonchev–Trinajstić information content (AvgIpc) is 2.54. The number of hydrogen-bond donors (Lipinski definition) is 1. The lowest BCUT2D eigenvalue weighted by Crippen LogP contribution is -2.34. The van der Waals surface area contributed by atoms with Crippen molar-refractivity contribution in [3.8, 4) is 6.07 Å². The number of hydrogen-bond acceptors (Lipinski definition) is 4. The van der Waals surface area contributed by atoms with Gasteiger partial charge in [-0.1, -0.05) is 0 Å². The van der Waals surface area contributed by atoms with Crippen LogP contribution in [0.25, 0.3) is 0 Å². The van der Waals surface area contributed by atoms with Gasteiger partial charge in [0.1, 0.15) is 11.4 Å². The summed E-state index contributed by atoms with van der Waals surface area (Å²) in [5.74, 6) is -0.427. The van der Waals surface area contributed by atoms with Crippen LogP contribution in [0.3, 0.4) is 0 Å². The van der Waals surface area contributed by atoms with E-state index in [-0.39, 0.29) is 11.6 Å². The van der Waals surface area contributed by atoms with Crippen LogP contribution >= 0.6 is 0 Å². The van der Waals surface area contributed by atoms with E-state index in [1.165, 1.54) is 0 Å². The maximum absolute atomic E-state index is 11.3. The van der Waals surface area contributed by atoms with E-state index < -0.39 is 5.97 Å². The lowest BCUT2D eigenvalue weighted by molar-refractivity contribution is 0.0696. The zero-order valence-corrected chi connectivity index (χ0v) is 11.1. The van der Waals surface area contributed by atoms with Crippen molar-refractivity contribution in [2.45, 2.75) is 33.2 Å². The molecule has 0 aliphatic heterocycles. The number of aromatic nitrogens is 2. The van der Waals surface area contributed by atoms with E-state index >= 15 is 0 Å². The van der Waals surface area contributed by atoms with Gasteiger partial charge in [-0.05, 0) is 20.8 Å². The fraction of sp³-hybridized carbons (Fsp3) is 0.583. The fourth-order valence-electron chi connectivity index (χ4n) is 2.00. The molecule has 0 amide bonds. The first-order valence-corrected chi connectivity index (χ1v) is 5.80. The Kier molecular flexibility index (Phi) is 4.32. The van der Waals surface area contributed by atoms with Gasteiger partial charge in [-0.15, -0.1) is 0 Å². The second-order valence-electron chi connectivity index (χ2n) is 4.41. The molecule has 98 valence electrons. The van der Waals surface area contributed by atoms with Crippen molar-refractivity contribution in [3.63, 3.8) is 0 Å². The summed E-state index contributed by atoms with van der Waals surface area (Å²) in [4.78, 5) is 13.2. The highest BCUT2D eigenvalue weighted by molar-refractivity contribution is 5.95. The van der Waals surface area contributed by atoms with E-state index in [4.69, 9.17) is 5.26 Å². The summed E-state index contributed by atoms with van der Waals surface area (Å²) in [6, 6.07) is 2.18. The third-order valence-corrected chi connectivity index (χ3v) is 2.77. The first kappa shape index (κ1) is 14.0. The summed E-state index contributed by atoms with van der Waals surface area (Å²) in [6.45, 7) is 6.10. The van der Waals surface area contributed by atoms with Gasteiger partial charge in [0.15, 0.2) is 0 Å². The second-order valence-corrected chi connectivity index (χ2v) is 4.41. The fourth-order valence-corrected chi connectivity index (χ4v) is 2.00. The number of carboxylic acid groups (broad SMARTS) is 1. The van der Waals surface area contributed by atoms with Crippen LogP contribution in [0.5, 0.6) is 0 Å². The van der Waals surface area contributed by atoms with Crippen molar-refractivity contribution in [2.75, 3.05) is 11.4 Å². The van der Waals surface area contributed by atoms with Crippen molar-refractivity contribution in [2.24, 2.45) is 7.05 Å². The van der Waals surface area contributed by atoms with Gasteiger partial charge < -0.3 is 10.0 Å². The molecule has 0 aliphatic rings. The minimum absolute atomic E-state index is 0.103. The highest BCUT2D eigenvalue weighted by Crippen LogP contribution is 2.25. The molecule has 0 atom stereocenters. The maximum atomic E-state index is 11.3. The van der Waals surface area contributed by atoms with Crippen LogP contribution in [-0.4, -0.2) is 33.4 Å². The highest BCUT2D eigenvalue weighted by Gasteiger charge is 2.25. The predicted molar refractivity (Wildman–Crippen MR) is 67.6 cm³/mol. The molecule has 0 spiro atoms. The van der Waals surface area contributed by atoms with E-state index in [2.05, 4.69) is 11.2 Å². The van der Waals surface area contributed by atoms with Gasteiger partial charge in [0.25, 0.3) is 0 Å². The molecule has 6 nitrogen and oxygen atoms in total. The number of carbonyl (C=O) groups is 1. The van der Waals surface area contributed by atoms with Crippen LogP contribution in [0, 0.1) is 18.3 Å². The minimum Gasteiger partial charge on any atom is -0.477 e. The molecular formula is C12H18N4O2. The van der Waals surface area contributed by atoms with E-state index in [1.54, 1.807) is 18.7 Å². The van der Waals surface area contributed by atoms with Crippen LogP contribution in [0.15, 0.2) is 0 Å². The van der Waals surface area contributed by atoms with Crippen LogP contribution < -0.4 is 4.90 Å². The minimum atomic E-state index is -0.988. The van der Waals surface area contributed by atoms with Crippen LogP contribution in [-0.2, 0) is 7.05 Å². The van der Waals surface area contributed by atoms with E-state index in [9.17, 15) is 9.90 Å². The van der Waals surface area contributed by atoms with Gasteiger partial charge in [0, 0.05) is 19.6 Å². The van der Waals surface area contributed by atoms with E-state index in [0.717, 1.165) is 0 Å². The number of nitrogens with zero attached hydrogens (tertiary/aromatic N) is 4. The molecule has 1 aromatic rings.